The fourth-order valence-electron chi connectivity index (χ4n) is 2.80. The number of rotatable bonds is 10. The van der Waals surface area contributed by atoms with Crippen molar-refractivity contribution < 1.29 is 4.79 Å². The van der Waals surface area contributed by atoms with Crippen LogP contribution >= 0.6 is 0 Å². The molecule has 0 fully saturated rings. The van der Waals surface area contributed by atoms with E-state index >= 15 is 0 Å². The highest BCUT2D eigenvalue weighted by atomic mass is 16.1. The van der Waals surface area contributed by atoms with Crippen LogP contribution < -0.4 is 0 Å². The summed E-state index contributed by atoms with van der Waals surface area (Å²) in [6, 6.07) is 0. The maximum atomic E-state index is 12.8. The van der Waals surface area contributed by atoms with E-state index in [0.29, 0.717) is 5.78 Å². The van der Waals surface area contributed by atoms with Gasteiger partial charge in [-0.15, -0.1) is 0 Å². The Morgan fingerprint density at radius 3 is 1.45 bits per heavy atom. The molecule has 0 bridgehead atoms. The Morgan fingerprint density at radius 1 is 0.800 bits per heavy atom. The summed E-state index contributed by atoms with van der Waals surface area (Å²) in [5, 5.41) is 0. The van der Waals surface area contributed by atoms with E-state index in [1.54, 1.807) is 0 Å². The third-order valence-corrected chi connectivity index (χ3v) is 4.05. The van der Waals surface area contributed by atoms with Gasteiger partial charge in [-0.05, 0) is 52.4 Å². The van der Waals surface area contributed by atoms with E-state index in [0.717, 1.165) is 38.5 Å². The molecule has 0 saturated carbocycles. The molecule has 20 heavy (non-hydrogen) atoms. The van der Waals surface area contributed by atoms with E-state index in [2.05, 4.69) is 52.0 Å². The van der Waals surface area contributed by atoms with Crippen molar-refractivity contribution in [1.29, 1.82) is 0 Å². The maximum absolute atomic E-state index is 12.8. The van der Waals surface area contributed by atoms with Crippen LogP contribution in [0, 0.1) is 10.8 Å². The van der Waals surface area contributed by atoms with Crippen LogP contribution in [-0.4, -0.2) is 5.78 Å². The van der Waals surface area contributed by atoms with Gasteiger partial charge in [-0.3, -0.25) is 4.79 Å². The van der Waals surface area contributed by atoms with E-state index in [9.17, 15) is 4.79 Å². The molecule has 1 nitrogen and oxygen atoms in total. The highest BCUT2D eigenvalue weighted by Crippen LogP contribution is 2.36. The lowest BCUT2D eigenvalue weighted by Crippen LogP contribution is -2.36. The average molecular weight is 278 g/mol. The Bertz CT molecular complexity index is 300. The molecule has 0 atom stereocenters. The van der Waals surface area contributed by atoms with Crippen LogP contribution in [0.3, 0.4) is 0 Å². The predicted octanol–water partition coefficient (Wildman–Crippen LogP) is 6.10. The quantitative estimate of drug-likeness (QED) is 0.348. The first kappa shape index (κ1) is 19.1. The standard InChI is InChI=1S/C19H34O/c1-7-9-11-13-15-18(3,4)17(20)19(5,6)16-14-12-10-8-2/h7-10H,11-16H2,1-6H3. The zero-order valence-corrected chi connectivity index (χ0v) is 14.5. The van der Waals surface area contributed by atoms with E-state index in [1.165, 1.54) is 0 Å². The summed E-state index contributed by atoms with van der Waals surface area (Å²) in [5.74, 6) is 0.422. The van der Waals surface area contributed by atoms with Gasteiger partial charge >= 0.3 is 0 Å². The second kappa shape index (κ2) is 9.15. The summed E-state index contributed by atoms with van der Waals surface area (Å²) in [6.07, 6.45) is 14.8. The number of ketones is 1. The molecular formula is C19H34O. The zero-order valence-electron chi connectivity index (χ0n) is 14.5. The lowest BCUT2D eigenvalue weighted by atomic mass is 9.69. The number of carbonyl (C=O) groups excluding carboxylic acids is 1. The first-order valence-electron chi connectivity index (χ1n) is 8.05. The fourth-order valence-corrected chi connectivity index (χ4v) is 2.80. The first-order valence-corrected chi connectivity index (χ1v) is 8.05. The molecule has 0 saturated heterocycles. The van der Waals surface area contributed by atoms with E-state index < -0.39 is 0 Å². The average Bonchev–Trinajstić information content (AvgIpc) is 2.39. The van der Waals surface area contributed by atoms with Gasteiger partial charge in [0.05, 0.1) is 0 Å². The van der Waals surface area contributed by atoms with Crippen LogP contribution in [0.2, 0.25) is 0 Å². The Hall–Kier alpha value is -0.850. The second-order valence-electron chi connectivity index (χ2n) is 7.02. The van der Waals surface area contributed by atoms with Gasteiger partial charge in [-0.1, -0.05) is 52.0 Å². The van der Waals surface area contributed by atoms with Crippen molar-refractivity contribution in [3.05, 3.63) is 24.3 Å². The lowest BCUT2D eigenvalue weighted by molar-refractivity contribution is -0.136. The molecule has 0 amide bonds. The van der Waals surface area contributed by atoms with Crippen molar-refractivity contribution in [3.63, 3.8) is 0 Å². The summed E-state index contributed by atoms with van der Waals surface area (Å²) in [7, 11) is 0. The van der Waals surface area contributed by atoms with Gasteiger partial charge in [0.15, 0.2) is 0 Å². The number of Topliss-reactive ketones (excluding diaryl/α,β-unsaturated/α-hetero) is 1. The molecule has 0 unspecified atom stereocenters. The van der Waals surface area contributed by atoms with Gasteiger partial charge in [0.25, 0.3) is 0 Å². The molecule has 0 aliphatic heterocycles. The summed E-state index contributed by atoms with van der Waals surface area (Å²) in [6.45, 7) is 12.5. The number of hydrogen-bond acceptors (Lipinski definition) is 1. The molecule has 0 N–H and O–H groups in total. The topological polar surface area (TPSA) is 17.1 Å². The molecule has 0 aliphatic rings. The van der Waals surface area contributed by atoms with Crippen molar-refractivity contribution in [2.24, 2.45) is 10.8 Å². The van der Waals surface area contributed by atoms with Crippen LogP contribution in [-0.2, 0) is 4.79 Å². The van der Waals surface area contributed by atoms with Crippen LogP contribution in [0.15, 0.2) is 24.3 Å². The van der Waals surface area contributed by atoms with Gasteiger partial charge < -0.3 is 0 Å². The summed E-state index contributed by atoms with van der Waals surface area (Å²) >= 11 is 0. The van der Waals surface area contributed by atoms with Crippen molar-refractivity contribution in [2.45, 2.75) is 80.1 Å². The Kier molecular flexibility index (Phi) is 8.76. The Morgan fingerprint density at radius 2 is 1.15 bits per heavy atom. The lowest BCUT2D eigenvalue weighted by Gasteiger charge is -2.33. The van der Waals surface area contributed by atoms with Crippen LogP contribution in [0.25, 0.3) is 0 Å². The first-order chi connectivity index (χ1) is 9.28. The Balaban J connectivity index is 4.42. The molecule has 0 heterocycles. The van der Waals surface area contributed by atoms with Crippen LogP contribution in [0.5, 0.6) is 0 Å². The molecule has 0 aliphatic carbocycles. The largest absolute Gasteiger partial charge is 0.299 e. The number of hydrogen-bond donors (Lipinski definition) is 0. The second-order valence-corrected chi connectivity index (χ2v) is 7.02. The molecule has 0 aromatic heterocycles. The van der Waals surface area contributed by atoms with Gasteiger partial charge in [-0.2, -0.15) is 0 Å². The minimum absolute atomic E-state index is 0.203. The van der Waals surface area contributed by atoms with Crippen LogP contribution in [0.1, 0.15) is 80.1 Å². The van der Waals surface area contributed by atoms with Crippen molar-refractivity contribution in [2.75, 3.05) is 0 Å². The monoisotopic (exact) mass is 278 g/mol. The SMILES string of the molecule is CC=CCCCC(C)(C)C(=O)C(C)(C)CCCC=CC. The third kappa shape index (κ3) is 7.07. The van der Waals surface area contributed by atoms with Crippen molar-refractivity contribution in [3.8, 4) is 0 Å². The number of allylic oxidation sites excluding steroid dienone is 4. The zero-order chi connectivity index (χ0) is 15.6. The van der Waals surface area contributed by atoms with Gasteiger partial charge in [0, 0.05) is 10.8 Å². The molecule has 0 spiro atoms. The number of unbranched alkanes of at least 4 members (excludes halogenated alkanes) is 2. The smallest absolute Gasteiger partial charge is 0.144 e. The van der Waals surface area contributed by atoms with Crippen LogP contribution in [0.4, 0.5) is 0 Å². The van der Waals surface area contributed by atoms with Gasteiger partial charge in [0.2, 0.25) is 0 Å². The number of carbonyl (C=O) groups is 1. The Labute approximate surface area is 126 Å². The third-order valence-electron chi connectivity index (χ3n) is 4.05. The molecule has 0 radical (unpaired) electrons. The molecule has 0 rings (SSSR count). The van der Waals surface area contributed by atoms with E-state index in [-0.39, 0.29) is 10.8 Å². The minimum Gasteiger partial charge on any atom is -0.299 e. The highest BCUT2D eigenvalue weighted by molar-refractivity contribution is 5.89. The summed E-state index contributed by atoms with van der Waals surface area (Å²) in [5.41, 5.74) is -0.405. The predicted molar refractivity (Wildman–Crippen MR) is 89.9 cm³/mol. The van der Waals surface area contributed by atoms with Gasteiger partial charge in [0.1, 0.15) is 5.78 Å². The highest BCUT2D eigenvalue weighted by Gasteiger charge is 2.37. The molecule has 0 aromatic rings. The van der Waals surface area contributed by atoms with E-state index in [4.69, 9.17) is 0 Å². The summed E-state index contributed by atoms with van der Waals surface area (Å²) in [4.78, 5) is 12.8. The van der Waals surface area contributed by atoms with E-state index in [1.807, 2.05) is 13.8 Å². The molecule has 116 valence electrons. The van der Waals surface area contributed by atoms with Gasteiger partial charge in [-0.25, -0.2) is 0 Å². The molecule has 0 aromatic carbocycles. The normalized spacial score (nSPS) is 13.5. The van der Waals surface area contributed by atoms with Crippen molar-refractivity contribution >= 4 is 5.78 Å². The molecule has 1 heteroatoms. The minimum atomic E-state index is -0.203. The maximum Gasteiger partial charge on any atom is 0.144 e. The van der Waals surface area contributed by atoms with Crippen molar-refractivity contribution in [1.82, 2.24) is 0 Å². The fraction of sp³-hybridized carbons (Fsp3) is 0.737. The molecular weight excluding hydrogens is 244 g/mol. The summed E-state index contributed by atoms with van der Waals surface area (Å²) < 4.78 is 0.